The zero-order valence-electron chi connectivity index (χ0n) is 9.26. The van der Waals surface area contributed by atoms with E-state index in [-0.39, 0.29) is 12.6 Å². The molecule has 0 amide bonds. The van der Waals surface area contributed by atoms with Gasteiger partial charge in [-0.25, -0.2) is 0 Å². The smallest absolute Gasteiger partial charge is 0.136 e. The zero-order chi connectivity index (χ0) is 12.0. The molecule has 1 aromatic rings. The second-order valence-electron chi connectivity index (χ2n) is 3.79. The maximum absolute atomic E-state index is 9.29. The van der Waals surface area contributed by atoms with Crippen LogP contribution in [0.1, 0.15) is 5.56 Å². The number of nitrogens with two attached hydrogens (primary N) is 3. The van der Waals surface area contributed by atoms with E-state index in [1.807, 2.05) is 24.3 Å². The van der Waals surface area contributed by atoms with E-state index >= 15 is 0 Å². The minimum atomic E-state index is -0.711. The summed E-state index contributed by atoms with van der Waals surface area (Å²) in [6, 6.07) is 7.69. The molecule has 8 N–H and O–H groups in total. The lowest BCUT2D eigenvalue weighted by atomic mass is 10.1. The van der Waals surface area contributed by atoms with Crippen molar-refractivity contribution in [2.45, 2.75) is 18.7 Å². The summed E-state index contributed by atoms with van der Waals surface area (Å²) < 4.78 is 0. The Morgan fingerprint density at radius 3 is 2.25 bits per heavy atom. The number of benzene rings is 1. The van der Waals surface area contributed by atoms with Crippen molar-refractivity contribution in [1.82, 2.24) is 0 Å². The van der Waals surface area contributed by atoms with Gasteiger partial charge in [0.1, 0.15) is 6.23 Å². The molecular formula is C11H20N4O. The molecule has 0 spiro atoms. The van der Waals surface area contributed by atoms with Crippen molar-refractivity contribution in [3.63, 3.8) is 0 Å². The first-order chi connectivity index (χ1) is 7.65. The molecule has 0 aliphatic rings. The standard InChI is InChI=1S/C11H20N4O/c12-6-9(14)5-8-1-3-10(4-2-8)15-11(16)7-13/h1-4,9,11,15-16H,5-7,12-14H2/t9-,11?/m0/s1. The highest BCUT2D eigenvalue weighted by Gasteiger charge is 2.03. The van der Waals surface area contributed by atoms with E-state index in [1.54, 1.807) is 0 Å². The van der Waals surface area contributed by atoms with E-state index in [1.165, 1.54) is 0 Å². The van der Waals surface area contributed by atoms with E-state index in [0.717, 1.165) is 17.7 Å². The van der Waals surface area contributed by atoms with E-state index < -0.39 is 6.23 Å². The molecule has 0 aromatic heterocycles. The average molecular weight is 224 g/mol. The molecule has 2 atom stereocenters. The van der Waals surface area contributed by atoms with Gasteiger partial charge in [-0.3, -0.25) is 0 Å². The van der Waals surface area contributed by atoms with Crippen molar-refractivity contribution >= 4 is 5.69 Å². The van der Waals surface area contributed by atoms with Crippen LogP contribution in [0, 0.1) is 0 Å². The normalized spacial score (nSPS) is 14.5. The van der Waals surface area contributed by atoms with Gasteiger partial charge < -0.3 is 27.6 Å². The Labute approximate surface area is 95.6 Å². The van der Waals surface area contributed by atoms with Gasteiger partial charge in [-0.15, -0.1) is 0 Å². The van der Waals surface area contributed by atoms with Crippen LogP contribution in [-0.4, -0.2) is 30.5 Å². The molecule has 1 aromatic carbocycles. The second-order valence-corrected chi connectivity index (χ2v) is 3.79. The Kier molecular flexibility index (Phi) is 5.21. The molecular weight excluding hydrogens is 204 g/mol. The second kappa shape index (κ2) is 6.44. The highest BCUT2D eigenvalue weighted by Crippen LogP contribution is 2.11. The third-order valence-electron chi connectivity index (χ3n) is 2.31. The fraction of sp³-hybridized carbons (Fsp3) is 0.455. The van der Waals surface area contributed by atoms with Crippen molar-refractivity contribution < 1.29 is 5.11 Å². The summed E-state index contributed by atoms with van der Waals surface area (Å²) in [7, 11) is 0. The largest absolute Gasteiger partial charge is 0.372 e. The number of aliphatic hydroxyl groups excluding tert-OH is 1. The SMILES string of the molecule is NCC(O)Nc1ccc(C[C@H](N)CN)cc1. The molecule has 1 unspecified atom stereocenters. The van der Waals surface area contributed by atoms with Gasteiger partial charge in [0.25, 0.3) is 0 Å². The van der Waals surface area contributed by atoms with Crippen molar-refractivity contribution in [1.29, 1.82) is 0 Å². The van der Waals surface area contributed by atoms with Crippen LogP contribution >= 0.6 is 0 Å². The number of rotatable bonds is 6. The number of anilines is 1. The summed E-state index contributed by atoms with van der Waals surface area (Å²) >= 11 is 0. The first kappa shape index (κ1) is 12.9. The lowest BCUT2D eigenvalue weighted by Gasteiger charge is -2.13. The molecule has 0 bridgehead atoms. The number of hydrogen-bond donors (Lipinski definition) is 5. The first-order valence-corrected chi connectivity index (χ1v) is 5.35. The zero-order valence-corrected chi connectivity index (χ0v) is 9.26. The Bertz CT molecular complexity index is 270. The summed E-state index contributed by atoms with van der Waals surface area (Å²) in [6.45, 7) is 0.658. The van der Waals surface area contributed by atoms with Crippen LogP contribution in [0.15, 0.2) is 24.3 Å². The van der Waals surface area contributed by atoms with Crippen molar-refractivity contribution in [2.24, 2.45) is 17.2 Å². The third kappa shape index (κ3) is 4.16. The van der Waals surface area contributed by atoms with E-state index in [4.69, 9.17) is 17.2 Å². The van der Waals surface area contributed by atoms with Crippen molar-refractivity contribution in [3.05, 3.63) is 29.8 Å². The van der Waals surface area contributed by atoms with E-state index in [2.05, 4.69) is 5.32 Å². The summed E-state index contributed by atoms with van der Waals surface area (Å²) in [5, 5.41) is 12.2. The average Bonchev–Trinajstić information content (AvgIpc) is 2.31. The number of hydrogen-bond acceptors (Lipinski definition) is 5. The van der Waals surface area contributed by atoms with Gasteiger partial charge in [0, 0.05) is 24.8 Å². The molecule has 90 valence electrons. The van der Waals surface area contributed by atoms with Crippen LogP contribution in [0.2, 0.25) is 0 Å². The Hall–Kier alpha value is -1.14. The molecule has 0 aliphatic heterocycles. The molecule has 0 saturated heterocycles. The molecule has 16 heavy (non-hydrogen) atoms. The van der Waals surface area contributed by atoms with E-state index in [0.29, 0.717) is 6.54 Å². The third-order valence-corrected chi connectivity index (χ3v) is 2.31. The molecule has 0 aliphatic carbocycles. The highest BCUT2D eigenvalue weighted by molar-refractivity contribution is 5.45. The predicted octanol–water partition coefficient (Wildman–Crippen LogP) is -0.796. The van der Waals surface area contributed by atoms with Gasteiger partial charge in [0.15, 0.2) is 0 Å². The molecule has 5 heteroatoms. The maximum Gasteiger partial charge on any atom is 0.136 e. The summed E-state index contributed by atoms with van der Waals surface area (Å²) in [5.74, 6) is 0. The molecule has 0 heterocycles. The van der Waals surface area contributed by atoms with Crippen LogP contribution in [0.5, 0.6) is 0 Å². The summed E-state index contributed by atoms with van der Waals surface area (Å²) in [6.07, 6.45) is 0.0492. The maximum atomic E-state index is 9.29. The Morgan fingerprint density at radius 1 is 1.12 bits per heavy atom. The first-order valence-electron chi connectivity index (χ1n) is 5.35. The Morgan fingerprint density at radius 2 is 1.75 bits per heavy atom. The van der Waals surface area contributed by atoms with Crippen LogP contribution in [0.3, 0.4) is 0 Å². The summed E-state index contributed by atoms with van der Waals surface area (Å²) in [4.78, 5) is 0. The van der Waals surface area contributed by atoms with Gasteiger partial charge in [0.05, 0.1) is 0 Å². The van der Waals surface area contributed by atoms with Gasteiger partial charge in [-0.1, -0.05) is 12.1 Å². The van der Waals surface area contributed by atoms with Gasteiger partial charge in [-0.2, -0.15) is 0 Å². The fourth-order valence-electron chi connectivity index (χ4n) is 1.37. The molecule has 0 fully saturated rings. The minimum Gasteiger partial charge on any atom is -0.372 e. The highest BCUT2D eigenvalue weighted by atomic mass is 16.3. The topological polar surface area (TPSA) is 110 Å². The summed E-state index contributed by atoms with van der Waals surface area (Å²) in [5.41, 5.74) is 18.5. The number of aliphatic hydroxyl groups is 1. The predicted molar refractivity (Wildman–Crippen MR) is 65.9 cm³/mol. The Balaban J connectivity index is 2.54. The van der Waals surface area contributed by atoms with Gasteiger partial charge in [0.2, 0.25) is 0 Å². The van der Waals surface area contributed by atoms with Crippen LogP contribution in [-0.2, 0) is 6.42 Å². The fourth-order valence-corrected chi connectivity index (χ4v) is 1.37. The molecule has 0 saturated carbocycles. The molecule has 5 nitrogen and oxygen atoms in total. The molecule has 0 radical (unpaired) electrons. The van der Waals surface area contributed by atoms with E-state index in [9.17, 15) is 5.11 Å². The monoisotopic (exact) mass is 224 g/mol. The lowest BCUT2D eigenvalue weighted by Crippen LogP contribution is -2.31. The van der Waals surface area contributed by atoms with Crippen molar-refractivity contribution in [2.75, 3.05) is 18.4 Å². The van der Waals surface area contributed by atoms with Crippen LogP contribution in [0.4, 0.5) is 5.69 Å². The van der Waals surface area contributed by atoms with Gasteiger partial charge in [-0.05, 0) is 24.1 Å². The van der Waals surface area contributed by atoms with Crippen LogP contribution in [0.25, 0.3) is 0 Å². The number of nitrogens with one attached hydrogen (secondary N) is 1. The minimum absolute atomic E-state index is 0.00607. The lowest BCUT2D eigenvalue weighted by molar-refractivity contribution is 0.212. The van der Waals surface area contributed by atoms with Gasteiger partial charge >= 0.3 is 0 Å². The quantitative estimate of drug-likeness (QED) is 0.406. The van der Waals surface area contributed by atoms with Crippen molar-refractivity contribution in [3.8, 4) is 0 Å². The molecule has 1 rings (SSSR count). The van der Waals surface area contributed by atoms with Crippen LogP contribution < -0.4 is 22.5 Å².